The molecule has 0 atom stereocenters. The molecule has 2 rings (SSSR count). The number of hydrogen-bond donors (Lipinski definition) is 2. The van der Waals surface area contributed by atoms with Crippen molar-refractivity contribution in [3.63, 3.8) is 0 Å². The largest absolute Gasteiger partial charge is 0.409 e. The molecule has 5 nitrogen and oxygen atoms in total. The molecule has 3 N–H and O–H groups in total. The fraction of sp³-hybridized carbons (Fsp3) is 0.500. The molecule has 21 heavy (non-hydrogen) atoms. The van der Waals surface area contributed by atoms with E-state index in [4.69, 9.17) is 10.9 Å². The molecule has 1 aromatic rings. The summed E-state index contributed by atoms with van der Waals surface area (Å²) in [4.78, 5) is 14.4. The summed E-state index contributed by atoms with van der Waals surface area (Å²) in [5, 5.41) is 11.6. The number of amides is 1. The zero-order chi connectivity index (χ0) is 15.2. The Morgan fingerprint density at radius 1 is 1.14 bits per heavy atom. The lowest BCUT2D eigenvalue weighted by Gasteiger charge is -2.27. The number of carbonyl (C=O) groups is 1. The summed E-state index contributed by atoms with van der Waals surface area (Å²) in [5.41, 5.74) is 6.76. The van der Waals surface area contributed by atoms with Crippen molar-refractivity contribution >= 4 is 11.7 Å². The number of nitrogens with two attached hydrogens (primary N) is 1. The Labute approximate surface area is 125 Å². The van der Waals surface area contributed by atoms with Gasteiger partial charge in [-0.1, -0.05) is 43.0 Å². The summed E-state index contributed by atoms with van der Waals surface area (Å²) in [6.07, 6.45) is 7.12. The van der Waals surface area contributed by atoms with Crippen molar-refractivity contribution in [1.29, 1.82) is 0 Å². The predicted octanol–water partition coefficient (Wildman–Crippen LogP) is 2.58. The van der Waals surface area contributed by atoms with Gasteiger partial charge in [-0.05, 0) is 25.0 Å². The van der Waals surface area contributed by atoms with Crippen LogP contribution in [0.15, 0.2) is 29.4 Å². The van der Waals surface area contributed by atoms with E-state index in [9.17, 15) is 4.79 Å². The Kier molecular flexibility index (Phi) is 5.20. The van der Waals surface area contributed by atoms with Gasteiger partial charge in [0.2, 0.25) is 0 Å². The van der Waals surface area contributed by atoms with E-state index in [1.807, 2.05) is 11.9 Å². The van der Waals surface area contributed by atoms with Crippen molar-refractivity contribution in [3.8, 4) is 0 Å². The highest BCUT2D eigenvalue weighted by Gasteiger charge is 2.22. The van der Waals surface area contributed by atoms with E-state index >= 15 is 0 Å². The highest BCUT2D eigenvalue weighted by molar-refractivity contribution is 5.99. The number of nitrogens with zero attached hydrogens (tertiary/aromatic N) is 2. The van der Waals surface area contributed by atoms with Gasteiger partial charge in [-0.15, -0.1) is 0 Å². The maximum atomic E-state index is 12.5. The average molecular weight is 289 g/mol. The second kappa shape index (κ2) is 7.11. The van der Waals surface area contributed by atoms with Gasteiger partial charge in [-0.25, -0.2) is 0 Å². The van der Waals surface area contributed by atoms with Crippen LogP contribution in [0.4, 0.5) is 0 Å². The first-order valence-corrected chi connectivity index (χ1v) is 7.48. The van der Waals surface area contributed by atoms with E-state index in [-0.39, 0.29) is 11.7 Å². The third-order valence-corrected chi connectivity index (χ3v) is 4.23. The van der Waals surface area contributed by atoms with Crippen molar-refractivity contribution < 1.29 is 10.0 Å². The van der Waals surface area contributed by atoms with Crippen LogP contribution < -0.4 is 5.73 Å². The molecule has 0 heterocycles. The van der Waals surface area contributed by atoms with Gasteiger partial charge >= 0.3 is 0 Å². The zero-order valence-corrected chi connectivity index (χ0v) is 12.5. The van der Waals surface area contributed by atoms with Gasteiger partial charge in [-0.3, -0.25) is 4.79 Å². The first kappa shape index (κ1) is 15.4. The summed E-state index contributed by atoms with van der Waals surface area (Å²) in [6, 6.07) is 7.18. The van der Waals surface area contributed by atoms with Gasteiger partial charge in [-0.2, -0.15) is 0 Å². The summed E-state index contributed by atoms with van der Waals surface area (Å²) in [7, 11) is 1.88. The van der Waals surface area contributed by atoms with Gasteiger partial charge in [0.05, 0.1) is 0 Å². The van der Waals surface area contributed by atoms with E-state index in [2.05, 4.69) is 5.16 Å². The van der Waals surface area contributed by atoms with Crippen LogP contribution in [-0.2, 0) is 0 Å². The highest BCUT2D eigenvalue weighted by Crippen LogP contribution is 2.22. The summed E-state index contributed by atoms with van der Waals surface area (Å²) < 4.78 is 0. The lowest BCUT2D eigenvalue weighted by atomic mass is 10.1. The predicted molar refractivity (Wildman–Crippen MR) is 82.5 cm³/mol. The van der Waals surface area contributed by atoms with E-state index in [1.165, 1.54) is 25.7 Å². The van der Waals surface area contributed by atoms with Crippen molar-refractivity contribution in [3.05, 3.63) is 35.4 Å². The van der Waals surface area contributed by atoms with Crippen LogP contribution in [0.3, 0.4) is 0 Å². The minimum atomic E-state index is 0.0351. The number of benzene rings is 1. The second-order valence-corrected chi connectivity index (χ2v) is 5.62. The third kappa shape index (κ3) is 3.74. The Balaban J connectivity index is 2.08. The van der Waals surface area contributed by atoms with E-state index in [0.717, 1.165) is 12.8 Å². The smallest absolute Gasteiger partial charge is 0.253 e. The molecule has 1 saturated carbocycles. The van der Waals surface area contributed by atoms with Gasteiger partial charge in [0, 0.05) is 24.2 Å². The molecule has 1 aliphatic carbocycles. The number of amidine groups is 1. The second-order valence-electron chi connectivity index (χ2n) is 5.62. The highest BCUT2D eigenvalue weighted by atomic mass is 16.4. The van der Waals surface area contributed by atoms with Crippen LogP contribution in [0.2, 0.25) is 0 Å². The van der Waals surface area contributed by atoms with E-state index in [1.54, 1.807) is 24.3 Å². The topological polar surface area (TPSA) is 78.9 Å². The van der Waals surface area contributed by atoms with Gasteiger partial charge in [0.15, 0.2) is 5.84 Å². The Morgan fingerprint density at radius 3 is 2.19 bits per heavy atom. The third-order valence-electron chi connectivity index (χ3n) is 4.23. The minimum Gasteiger partial charge on any atom is -0.409 e. The first-order chi connectivity index (χ1) is 10.1. The minimum absolute atomic E-state index is 0.0351. The maximum Gasteiger partial charge on any atom is 0.253 e. The number of oxime groups is 1. The molecule has 0 unspecified atom stereocenters. The van der Waals surface area contributed by atoms with Gasteiger partial charge in [0.1, 0.15) is 0 Å². The zero-order valence-electron chi connectivity index (χ0n) is 12.5. The average Bonchev–Trinajstić information content (AvgIpc) is 2.82. The molecule has 5 heteroatoms. The molecule has 0 spiro atoms. The number of carbonyl (C=O) groups excluding carboxylic acids is 1. The lowest BCUT2D eigenvalue weighted by Crippen LogP contribution is -2.36. The van der Waals surface area contributed by atoms with Crippen molar-refractivity contribution in [2.24, 2.45) is 10.9 Å². The molecule has 1 aromatic carbocycles. The fourth-order valence-electron chi connectivity index (χ4n) is 2.86. The monoisotopic (exact) mass is 289 g/mol. The van der Waals surface area contributed by atoms with Crippen LogP contribution in [-0.4, -0.2) is 34.9 Å². The van der Waals surface area contributed by atoms with E-state index in [0.29, 0.717) is 17.2 Å². The number of rotatable bonds is 3. The molecule has 0 bridgehead atoms. The molecule has 1 fully saturated rings. The van der Waals surface area contributed by atoms with Gasteiger partial charge < -0.3 is 15.8 Å². The molecule has 0 radical (unpaired) electrons. The van der Waals surface area contributed by atoms with Crippen LogP contribution in [0.5, 0.6) is 0 Å². The molecule has 114 valence electrons. The molecule has 1 amide bonds. The number of hydrogen-bond acceptors (Lipinski definition) is 3. The molecular formula is C16H23N3O2. The Hall–Kier alpha value is -2.04. The first-order valence-electron chi connectivity index (χ1n) is 7.48. The van der Waals surface area contributed by atoms with Crippen LogP contribution >= 0.6 is 0 Å². The normalized spacial score (nSPS) is 17.3. The summed E-state index contributed by atoms with van der Waals surface area (Å²) >= 11 is 0. The van der Waals surface area contributed by atoms with Crippen molar-refractivity contribution in [2.45, 2.75) is 44.6 Å². The van der Waals surface area contributed by atoms with Crippen LogP contribution in [0.25, 0.3) is 0 Å². The Morgan fingerprint density at radius 2 is 1.67 bits per heavy atom. The van der Waals surface area contributed by atoms with Gasteiger partial charge in [0.25, 0.3) is 5.91 Å². The molecule has 0 saturated heterocycles. The standard InChI is InChI=1S/C16H23N3O2/c1-19(14-6-4-2-3-5-7-14)16(20)13-10-8-12(9-11-13)15(17)18-21/h8-11,14,21H,2-7H2,1H3,(H2,17,18). The SMILES string of the molecule is CN(C(=O)c1ccc(/C(N)=N/O)cc1)C1CCCCCC1. The van der Waals surface area contributed by atoms with Crippen molar-refractivity contribution in [2.75, 3.05) is 7.05 Å². The quantitative estimate of drug-likeness (QED) is 0.295. The molecule has 0 aliphatic heterocycles. The Bertz CT molecular complexity index is 503. The fourth-order valence-corrected chi connectivity index (χ4v) is 2.86. The van der Waals surface area contributed by atoms with Crippen molar-refractivity contribution in [1.82, 2.24) is 4.90 Å². The molecular weight excluding hydrogens is 266 g/mol. The molecule has 0 aromatic heterocycles. The van der Waals surface area contributed by atoms with E-state index < -0.39 is 0 Å². The van der Waals surface area contributed by atoms with Crippen LogP contribution in [0, 0.1) is 0 Å². The van der Waals surface area contributed by atoms with Crippen LogP contribution in [0.1, 0.15) is 54.4 Å². The summed E-state index contributed by atoms with van der Waals surface area (Å²) in [6.45, 7) is 0. The molecule has 1 aliphatic rings. The maximum absolute atomic E-state index is 12.5. The summed E-state index contributed by atoms with van der Waals surface area (Å²) in [5.74, 6) is 0.0825. The lowest BCUT2D eigenvalue weighted by molar-refractivity contribution is 0.0717.